The molecule has 0 aromatic heterocycles. The van der Waals surface area contributed by atoms with E-state index in [0.29, 0.717) is 12.5 Å². The van der Waals surface area contributed by atoms with E-state index in [4.69, 9.17) is 4.74 Å². The minimum atomic E-state index is -1.08. The molecule has 23 heavy (non-hydrogen) atoms. The third-order valence-electron chi connectivity index (χ3n) is 4.38. The molecule has 4 heteroatoms. The van der Waals surface area contributed by atoms with Gasteiger partial charge >= 0.3 is 0 Å². The molecule has 1 aliphatic heterocycles. The summed E-state index contributed by atoms with van der Waals surface area (Å²) in [6, 6.07) is 9.81. The largest absolute Gasteiger partial charge is 0.473 e. The Bertz CT molecular complexity index is 525. The monoisotopic (exact) mass is 318 g/mol. The van der Waals surface area contributed by atoms with Gasteiger partial charge in [0.05, 0.1) is 0 Å². The first kappa shape index (κ1) is 17.7. The normalized spacial score (nSPS) is 24.9. The average molecular weight is 318 g/mol. The zero-order valence-corrected chi connectivity index (χ0v) is 14.3. The van der Waals surface area contributed by atoms with Crippen LogP contribution in [0, 0.1) is 5.92 Å². The second-order valence-corrected chi connectivity index (χ2v) is 5.96. The number of benzene rings is 1. The predicted octanol–water partition coefficient (Wildman–Crippen LogP) is 4.20. The molecule has 0 fully saturated rings. The van der Waals surface area contributed by atoms with Crippen LogP contribution in [0.5, 0.6) is 0 Å². The van der Waals surface area contributed by atoms with Crippen molar-refractivity contribution < 1.29 is 9.13 Å². The Morgan fingerprint density at radius 3 is 2.57 bits per heavy atom. The molecule has 3 unspecified atom stereocenters. The van der Waals surface area contributed by atoms with E-state index in [-0.39, 0.29) is 12.0 Å². The van der Waals surface area contributed by atoms with Crippen molar-refractivity contribution in [3.63, 3.8) is 0 Å². The van der Waals surface area contributed by atoms with Crippen LogP contribution in [-0.4, -0.2) is 36.4 Å². The summed E-state index contributed by atoms with van der Waals surface area (Å²) in [5, 5.41) is 0. The van der Waals surface area contributed by atoms with Gasteiger partial charge in [0.25, 0.3) is 0 Å². The molecule has 3 nitrogen and oxygen atoms in total. The number of rotatable bonds is 6. The Kier molecular flexibility index (Phi) is 6.78. The molecule has 2 rings (SSSR count). The molecule has 1 heterocycles. The molecular weight excluding hydrogens is 291 g/mol. The van der Waals surface area contributed by atoms with Gasteiger partial charge in [0.1, 0.15) is 6.61 Å². The summed E-state index contributed by atoms with van der Waals surface area (Å²) in [7, 11) is 0. The van der Waals surface area contributed by atoms with Gasteiger partial charge in [0.2, 0.25) is 5.88 Å². The number of aliphatic imine (C=N–C) groups is 1. The van der Waals surface area contributed by atoms with Crippen LogP contribution in [-0.2, 0) is 11.3 Å². The van der Waals surface area contributed by atoms with Crippen LogP contribution in [0.2, 0.25) is 0 Å². The van der Waals surface area contributed by atoms with Crippen molar-refractivity contribution in [3.8, 4) is 0 Å². The molecule has 0 bridgehead atoms. The van der Waals surface area contributed by atoms with E-state index in [1.54, 1.807) is 0 Å². The topological polar surface area (TPSA) is 24.8 Å². The zero-order chi connectivity index (χ0) is 16.7. The number of nitrogens with zero attached hydrogens (tertiary/aromatic N) is 2. The predicted molar refractivity (Wildman–Crippen MR) is 93.2 cm³/mol. The van der Waals surface area contributed by atoms with E-state index in [1.165, 1.54) is 6.21 Å². The molecule has 0 amide bonds. The highest BCUT2D eigenvalue weighted by Crippen LogP contribution is 2.23. The van der Waals surface area contributed by atoms with E-state index in [0.717, 1.165) is 25.1 Å². The minimum Gasteiger partial charge on any atom is -0.473 e. The first-order valence-electron chi connectivity index (χ1n) is 8.44. The maximum Gasteiger partial charge on any atom is 0.209 e. The fourth-order valence-corrected chi connectivity index (χ4v) is 3.06. The lowest BCUT2D eigenvalue weighted by Crippen LogP contribution is -2.47. The summed E-state index contributed by atoms with van der Waals surface area (Å²) in [6.45, 7) is 8.39. The SMILES string of the molecule is CCN(CC)C1C(F)C=NC(OCc2ccccc2)=CCC1C. The molecule has 0 N–H and O–H groups in total. The highest BCUT2D eigenvalue weighted by molar-refractivity contribution is 5.65. The zero-order valence-electron chi connectivity index (χ0n) is 14.3. The lowest BCUT2D eigenvalue weighted by atomic mass is 9.92. The van der Waals surface area contributed by atoms with Crippen LogP contribution >= 0.6 is 0 Å². The second kappa shape index (κ2) is 8.82. The maximum atomic E-state index is 14.6. The van der Waals surface area contributed by atoms with Crippen LogP contribution in [0.1, 0.15) is 32.8 Å². The number of ether oxygens (including phenoxy) is 1. The lowest BCUT2D eigenvalue weighted by Gasteiger charge is -2.35. The van der Waals surface area contributed by atoms with Gasteiger partial charge in [-0.3, -0.25) is 4.90 Å². The Morgan fingerprint density at radius 1 is 1.22 bits per heavy atom. The molecule has 1 aromatic rings. The highest BCUT2D eigenvalue weighted by atomic mass is 19.1. The maximum absolute atomic E-state index is 14.6. The molecule has 0 aliphatic carbocycles. The van der Waals surface area contributed by atoms with Crippen molar-refractivity contribution in [2.75, 3.05) is 13.1 Å². The molecule has 3 atom stereocenters. The van der Waals surface area contributed by atoms with Crippen LogP contribution in [0.3, 0.4) is 0 Å². The standard InChI is InChI=1S/C19H27FN2O/c1-4-22(5-2)19-15(3)11-12-18(21-13-17(19)20)23-14-16-9-7-6-8-10-16/h6-10,12-13,15,17,19H,4-5,11,14H2,1-3H3. The van der Waals surface area contributed by atoms with Gasteiger partial charge in [-0.2, -0.15) is 0 Å². The molecule has 0 saturated heterocycles. The fraction of sp³-hybridized carbons (Fsp3) is 0.526. The second-order valence-electron chi connectivity index (χ2n) is 5.96. The summed E-state index contributed by atoms with van der Waals surface area (Å²) >= 11 is 0. The summed E-state index contributed by atoms with van der Waals surface area (Å²) in [5.41, 5.74) is 1.08. The first-order chi connectivity index (χ1) is 11.2. The van der Waals surface area contributed by atoms with Gasteiger partial charge in [-0.15, -0.1) is 0 Å². The quantitative estimate of drug-likeness (QED) is 0.785. The van der Waals surface area contributed by atoms with Crippen molar-refractivity contribution in [1.29, 1.82) is 0 Å². The van der Waals surface area contributed by atoms with Crippen LogP contribution in [0.4, 0.5) is 4.39 Å². The summed E-state index contributed by atoms with van der Waals surface area (Å²) in [6.07, 6.45) is 3.07. The summed E-state index contributed by atoms with van der Waals surface area (Å²) < 4.78 is 20.4. The Morgan fingerprint density at radius 2 is 1.91 bits per heavy atom. The third kappa shape index (κ3) is 4.90. The number of alkyl halides is 1. The van der Waals surface area contributed by atoms with E-state index < -0.39 is 6.17 Å². The van der Waals surface area contributed by atoms with Crippen molar-refractivity contribution in [2.45, 2.75) is 46.0 Å². The summed E-state index contributed by atoms with van der Waals surface area (Å²) in [5.74, 6) is 0.730. The number of hydrogen-bond donors (Lipinski definition) is 0. The summed E-state index contributed by atoms with van der Waals surface area (Å²) in [4.78, 5) is 6.40. The minimum absolute atomic E-state index is 0.124. The molecule has 0 saturated carbocycles. The molecule has 0 radical (unpaired) electrons. The van der Waals surface area contributed by atoms with Crippen LogP contribution in [0.25, 0.3) is 0 Å². The Labute approximate surface area is 138 Å². The van der Waals surface area contributed by atoms with E-state index in [1.807, 2.05) is 36.4 Å². The molecule has 0 spiro atoms. The van der Waals surface area contributed by atoms with E-state index in [2.05, 4.69) is 30.7 Å². The van der Waals surface area contributed by atoms with Gasteiger partial charge in [0, 0.05) is 12.3 Å². The molecule has 126 valence electrons. The van der Waals surface area contributed by atoms with Crippen molar-refractivity contribution in [1.82, 2.24) is 4.90 Å². The molecule has 1 aromatic carbocycles. The smallest absolute Gasteiger partial charge is 0.209 e. The lowest BCUT2D eigenvalue weighted by molar-refractivity contribution is 0.108. The van der Waals surface area contributed by atoms with E-state index >= 15 is 0 Å². The average Bonchev–Trinajstić information content (AvgIpc) is 2.58. The van der Waals surface area contributed by atoms with Crippen LogP contribution < -0.4 is 0 Å². The number of hydrogen-bond acceptors (Lipinski definition) is 3. The van der Waals surface area contributed by atoms with Gasteiger partial charge in [-0.1, -0.05) is 51.1 Å². The van der Waals surface area contributed by atoms with Crippen molar-refractivity contribution in [3.05, 3.63) is 47.9 Å². The van der Waals surface area contributed by atoms with Crippen molar-refractivity contribution in [2.24, 2.45) is 10.9 Å². The number of halogens is 1. The van der Waals surface area contributed by atoms with Gasteiger partial charge in [-0.25, -0.2) is 9.38 Å². The van der Waals surface area contributed by atoms with Gasteiger partial charge in [0.15, 0.2) is 6.17 Å². The Balaban J connectivity index is 2.02. The van der Waals surface area contributed by atoms with Gasteiger partial charge in [-0.05, 0) is 37.1 Å². The van der Waals surface area contributed by atoms with Crippen LogP contribution in [0.15, 0.2) is 47.3 Å². The van der Waals surface area contributed by atoms with Gasteiger partial charge < -0.3 is 4.74 Å². The van der Waals surface area contributed by atoms with E-state index in [9.17, 15) is 4.39 Å². The van der Waals surface area contributed by atoms with Crippen molar-refractivity contribution >= 4 is 6.21 Å². The first-order valence-corrected chi connectivity index (χ1v) is 8.44. The fourth-order valence-electron chi connectivity index (χ4n) is 3.06. The highest BCUT2D eigenvalue weighted by Gasteiger charge is 2.30. The number of allylic oxidation sites excluding steroid dienone is 1. The Hall–Kier alpha value is -1.68. The molecular formula is C19H27FN2O. The molecule has 1 aliphatic rings. The third-order valence-corrected chi connectivity index (χ3v) is 4.38.